The number of rotatable bonds is 8. The summed E-state index contributed by atoms with van der Waals surface area (Å²) in [4.78, 5) is 4.24. The molecular weight excluding hydrogens is 376 g/mol. The molecule has 0 saturated carbocycles. The van der Waals surface area contributed by atoms with Crippen molar-refractivity contribution in [1.82, 2.24) is 9.29 Å². The monoisotopic (exact) mass is 398 g/mol. The summed E-state index contributed by atoms with van der Waals surface area (Å²) in [6, 6.07) is 17.7. The highest BCUT2D eigenvalue weighted by atomic mass is 32.2. The van der Waals surface area contributed by atoms with Crippen molar-refractivity contribution < 1.29 is 17.9 Å². The van der Waals surface area contributed by atoms with Crippen LogP contribution in [0.15, 0.2) is 78.0 Å². The van der Waals surface area contributed by atoms with Crippen LogP contribution in [0.1, 0.15) is 11.1 Å². The maximum absolute atomic E-state index is 13.4. The minimum absolute atomic E-state index is 0.143. The van der Waals surface area contributed by atoms with E-state index >= 15 is 0 Å². The van der Waals surface area contributed by atoms with Crippen LogP contribution in [-0.2, 0) is 23.1 Å². The summed E-state index contributed by atoms with van der Waals surface area (Å²) in [5.74, 6) is 0.841. The number of benzene rings is 2. The van der Waals surface area contributed by atoms with Gasteiger partial charge in [0.05, 0.1) is 19.1 Å². The second-order valence-corrected chi connectivity index (χ2v) is 8.07. The van der Waals surface area contributed by atoms with E-state index in [0.717, 1.165) is 11.1 Å². The van der Waals surface area contributed by atoms with Gasteiger partial charge in [-0.25, -0.2) is 8.42 Å². The SMILES string of the molecule is COc1ccc(S(=O)(=O)N(Cc2ccccc2)Cc2cccnc2)cc1OC. The Balaban J connectivity index is 2.00. The van der Waals surface area contributed by atoms with Crippen LogP contribution in [0, 0.1) is 0 Å². The van der Waals surface area contributed by atoms with E-state index in [4.69, 9.17) is 9.47 Å². The molecule has 0 N–H and O–H groups in total. The van der Waals surface area contributed by atoms with Crippen molar-refractivity contribution in [3.63, 3.8) is 0 Å². The van der Waals surface area contributed by atoms with Crippen LogP contribution in [0.3, 0.4) is 0 Å². The minimum atomic E-state index is -3.79. The molecule has 0 atom stereocenters. The van der Waals surface area contributed by atoms with Gasteiger partial charge in [0.25, 0.3) is 0 Å². The smallest absolute Gasteiger partial charge is 0.243 e. The maximum atomic E-state index is 13.4. The van der Waals surface area contributed by atoms with Crippen molar-refractivity contribution >= 4 is 10.0 Å². The van der Waals surface area contributed by atoms with Crippen LogP contribution >= 0.6 is 0 Å². The highest BCUT2D eigenvalue weighted by Crippen LogP contribution is 2.31. The molecule has 28 heavy (non-hydrogen) atoms. The number of aromatic nitrogens is 1. The van der Waals surface area contributed by atoms with Crippen molar-refractivity contribution in [2.45, 2.75) is 18.0 Å². The first-order valence-corrected chi connectivity index (χ1v) is 10.1. The van der Waals surface area contributed by atoms with Gasteiger partial charge in [0, 0.05) is 31.5 Å². The molecule has 6 nitrogen and oxygen atoms in total. The highest BCUT2D eigenvalue weighted by molar-refractivity contribution is 7.89. The Labute approximate surface area is 165 Å². The molecule has 1 heterocycles. The highest BCUT2D eigenvalue weighted by Gasteiger charge is 2.26. The number of ether oxygens (including phenoxy) is 2. The van der Waals surface area contributed by atoms with Gasteiger partial charge in [0.2, 0.25) is 10.0 Å². The third-order valence-electron chi connectivity index (χ3n) is 4.28. The summed E-state index contributed by atoms with van der Waals surface area (Å²) < 4.78 is 38.8. The van der Waals surface area contributed by atoms with Gasteiger partial charge in [0.15, 0.2) is 11.5 Å². The Hall–Kier alpha value is -2.90. The molecule has 0 unspecified atom stereocenters. The lowest BCUT2D eigenvalue weighted by Gasteiger charge is -2.23. The van der Waals surface area contributed by atoms with E-state index in [1.54, 1.807) is 24.5 Å². The first-order valence-electron chi connectivity index (χ1n) is 8.69. The number of sulfonamides is 1. The Bertz CT molecular complexity index is 968. The van der Waals surface area contributed by atoms with Crippen molar-refractivity contribution in [3.8, 4) is 11.5 Å². The molecule has 0 aliphatic heterocycles. The summed E-state index contributed by atoms with van der Waals surface area (Å²) in [6.45, 7) is 0.450. The van der Waals surface area contributed by atoms with Crippen LogP contribution in [0.5, 0.6) is 11.5 Å². The van der Waals surface area contributed by atoms with Gasteiger partial charge >= 0.3 is 0 Å². The minimum Gasteiger partial charge on any atom is -0.493 e. The zero-order chi connectivity index (χ0) is 20.0. The van der Waals surface area contributed by atoms with E-state index in [2.05, 4.69) is 4.98 Å². The first kappa shape index (κ1) is 19.9. The number of hydrogen-bond acceptors (Lipinski definition) is 5. The maximum Gasteiger partial charge on any atom is 0.243 e. The number of nitrogens with zero attached hydrogens (tertiary/aromatic N) is 2. The third-order valence-corrected chi connectivity index (χ3v) is 6.06. The van der Waals surface area contributed by atoms with E-state index in [1.165, 1.54) is 30.7 Å². The number of pyridine rings is 1. The molecule has 0 amide bonds. The summed E-state index contributed by atoms with van der Waals surface area (Å²) in [5, 5.41) is 0. The fourth-order valence-corrected chi connectivity index (χ4v) is 4.27. The van der Waals surface area contributed by atoms with Gasteiger partial charge in [0.1, 0.15) is 0 Å². The van der Waals surface area contributed by atoms with Gasteiger partial charge in [-0.15, -0.1) is 0 Å². The fraction of sp³-hybridized carbons (Fsp3) is 0.190. The van der Waals surface area contributed by atoms with Crippen molar-refractivity contribution in [1.29, 1.82) is 0 Å². The molecule has 3 aromatic rings. The Kier molecular flexibility index (Phi) is 6.28. The van der Waals surface area contributed by atoms with Crippen molar-refractivity contribution in [3.05, 3.63) is 84.2 Å². The third kappa shape index (κ3) is 4.49. The average Bonchev–Trinajstić information content (AvgIpc) is 2.74. The van der Waals surface area contributed by atoms with E-state index < -0.39 is 10.0 Å². The standard InChI is InChI=1S/C21H22N2O4S/c1-26-20-11-10-19(13-21(20)27-2)28(24,25)23(15-17-7-4-3-5-8-17)16-18-9-6-12-22-14-18/h3-14H,15-16H2,1-2H3. The van der Waals surface area contributed by atoms with Gasteiger partial charge in [-0.05, 0) is 29.3 Å². The normalized spacial score (nSPS) is 11.4. The van der Waals surface area contributed by atoms with Crippen LogP contribution in [-0.4, -0.2) is 31.9 Å². The lowest BCUT2D eigenvalue weighted by molar-refractivity contribution is 0.353. The van der Waals surface area contributed by atoms with Gasteiger partial charge in [-0.3, -0.25) is 4.98 Å². The van der Waals surface area contributed by atoms with Crippen LogP contribution in [0.2, 0.25) is 0 Å². The number of hydrogen-bond donors (Lipinski definition) is 0. The molecule has 1 aromatic heterocycles. The second-order valence-electron chi connectivity index (χ2n) is 6.14. The van der Waals surface area contributed by atoms with Gasteiger partial charge in [-0.1, -0.05) is 36.4 Å². The molecule has 0 fully saturated rings. The van der Waals surface area contributed by atoms with Crippen molar-refractivity contribution in [2.24, 2.45) is 0 Å². The van der Waals surface area contributed by atoms with E-state index in [0.29, 0.717) is 11.5 Å². The Morgan fingerprint density at radius 1 is 0.857 bits per heavy atom. The predicted octanol–water partition coefficient (Wildman–Crippen LogP) is 3.49. The van der Waals surface area contributed by atoms with Gasteiger partial charge in [-0.2, -0.15) is 4.31 Å². The quantitative estimate of drug-likeness (QED) is 0.581. The summed E-state index contributed by atoms with van der Waals surface area (Å²) in [6.07, 6.45) is 3.33. The molecule has 2 aromatic carbocycles. The lowest BCUT2D eigenvalue weighted by atomic mass is 10.2. The zero-order valence-corrected chi connectivity index (χ0v) is 16.6. The summed E-state index contributed by atoms with van der Waals surface area (Å²) in [5.41, 5.74) is 1.71. The molecule has 0 bridgehead atoms. The zero-order valence-electron chi connectivity index (χ0n) is 15.8. The molecule has 7 heteroatoms. The first-order chi connectivity index (χ1) is 13.5. The molecule has 0 aliphatic rings. The Morgan fingerprint density at radius 2 is 1.54 bits per heavy atom. The van der Waals surface area contributed by atoms with Crippen LogP contribution in [0.4, 0.5) is 0 Å². The molecule has 0 saturated heterocycles. The molecular formula is C21H22N2O4S. The van der Waals surface area contributed by atoms with Crippen LogP contribution < -0.4 is 9.47 Å². The molecule has 146 valence electrons. The second kappa shape index (κ2) is 8.86. The molecule has 0 radical (unpaired) electrons. The molecule has 0 aliphatic carbocycles. The topological polar surface area (TPSA) is 68.7 Å². The molecule has 0 spiro atoms. The largest absolute Gasteiger partial charge is 0.493 e. The number of methoxy groups -OCH3 is 2. The van der Waals surface area contributed by atoms with Crippen LogP contribution in [0.25, 0.3) is 0 Å². The summed E-state index contributed by atoms with van der Waals surface area (Å²) in [7, 11) is -0.797. The summed E-state index contributed by atoms with van der Waals surface area (Å²) >= 11 is 0. The van der Waals surface area contributed by atoms with E-state index in [9.17, 15) is 8.42 Å². The molecule has 3 rings (SSSR count). The van der Waals surface area contributed by atoms with Crippen molar-refractivity contribution in [2.75, 3.05) is 14.2 Å². The Morgan fingerprint density at radius 3 is 2.18 bits per heavy atom. The van der Waals surface area contributed by atoms with Gasteiger partial charge < -0.3 is 9.47 Å². The lowest BCUT2D eigenvalue weighted by Crippen LogP contribution is -2.30. The average molecular weight is 398 g/mol. The van der Waals surface area contributed by atoms with E-state index in [1.807, 2.05) is 36.4 Å². The van der Waals surface area contributed by atoms with E-state index in [-0.39, 0.29) is 18.0 Å². The fourth-order valence-electron chi connectivity index (χ4n) is 2.83. The predicted molar refractivity (Wildman–Crippen MR) is 107 cm³/mol.